The summed E-state index contributed by atoms with van der Waals surface area (Å²) in [5.41, 5.74) is 4.46. The van der Waals surface area contributed by atoms with Crippen molar-refractivity contribution in [2.45, 2.75) is 65.0 Å². The molecular weight excluding hydrogens is 487 g/mol. The topological polar surface area (TPSA) is 90.8 Å². The molecule has 5 heterocycles. The second kappa shape index (κ2) is 9.48. The Balaban J connectivity index is 1.64. The molecule has 0 fully saturated rings. The van der Waals surface area contributed by atoms with E-state index in [2.05, 4.69) is 35.7 Å². The first-order valence-electron chi connectivity index (χ1n) is 12.4. The molecular formula is C27H31FN6O2Si. The molecule has 0 amide bonds. The van der Waals surface area contributed by atoms with Gasteiger partial charge in [-0.2, -0.15) is 10.4 Å². The number of hydrogen-bond acceptors (Lipinski definition) is 6. The third-order valence-electron chi connectivity index (χ3n) is 6.53. The minimum absolute atomic E-state index is 0.314. The van der Waals surface area contributed by atoms with Crippen molar-refractivity contribution in [1.29, 1.82) is 5.26 Å². The number of aromatic nitrogens is 5. The molecule has 0 aliphatic carbocycles. The van der Waals surface area contributed by atoms with Crippen LogP contribution in [0.1, 0.15) is 25.1 Å². The molecule has 5 rings (SSSR count). The maximum Gasteiger partial charge on any atom is 0.143 e. The lowest BCUT2D eigenvalue weighted by Gasteiger charge is -2.31. The third-order valence-corrected chi connectivity index (χ3v) is 8.24. The number of fused-ring (bicyclic) bond motifs is 2. The van der Waals surface area contributed by atoms with E-state index < -0.39 is 13.9 Å². The fourth-order valence-corrected chi connectivity index (χ4v) is 5.33. The van der Waals surface area contributed by atoms with Gasteiger partial charge < -0.3 is 14.0 Å². The van der Waals surface area contributed by atoms with Crippen molar-refractivity contribution in [3.05, 3.63) is 53.9 Å². The highest BCUT2D eigenvalue weighted by molar-refractivity contribution is 6.76. The Morgan fingerprint density at radius 1 is 1.22 bits per heavy atom. The van der Waals surface area contributed by atoms with Crippen LogP contribution in [-0.2, 0) is 29.4 Å². The molecule has 0 aromatic carbocycles. The first-order chi connectivity index (χ1) is 17.6. The van der Waals surface area contributed by atoms with E-state index in [9.17, 15) is 9.65 Å². The Kier molecular flexibility index (Phi) is 6.48. The Morgan fingerprint density at radius 3 is 2.73 bits per heavy atom. The summed E-state index contributed by atoms with van der Waals surface area (Å²) in [6.07, 6.45) is 4.72. The maximum absolute atomic E-state index is 13.7. The molecule has 8 nitrogen and oxygen atoms in total. The van der Waals surface area contributed by atoms with Gasteiger partial charge in [-0.3, -0.25) is 9.67 Å². The predicted molar refractivity (Wildman–Crippen MR) is 142 cm³/mol. The highest BCUT2D eigenvalue weighted by atomic mass is 28.3. The van der Waals surface area contributed by atoms with Gasteiger partial charge in [0.05, 0.1) is 41.9 Å². The van der Waals surface area contributed by atoms with Crippen LogP contribution >= 0.6 is 0 Å². The van der Waals surface area contributed by atoms with Crippen LogP contribution < -0.4 is 0 Å². The Morgan fingerprint density at radius 2 is 2.03 bits per heavy atom. The zero-order valence-electron chi connectivity index (χ0n) is 21.9. The highest BCUT2D eigenvalue weighted by Crippen LogP contribution is 2.41. The molecule has 0 saturated heterocycles. The summed E-state index contributed by atoms with van der Waals surface area (Å²) in [6, 6.07) is 8.29. The van der Waals surface area contributed by atoms with Crippen LogP contribution in [-0.4, -0.2) is 44.6 Å². The summed E-state index contributed by atoms with van der Waals surface area (Å²) in [6.45, 7) is 12.9. The third kappa shape index (κ3) is 5.07. The molecule has 0 saturated carbocycles. The Bertz CT molecular complexity index is 1490. The fourth-order valence-electron chi connectivity index (χ4n) is 4.57. The molecule has 10 heteroatoms. The molecule has 0 spiro atoms. The van der Waals surface area contributed by atoms with Crippen LogP contribution in [0.2, 0.25) is 25.7 Å². The number of nitrogens with zero attached hydrogens (tertiary/aromatic N) is 6. The minimum atomic E-state index is -1.22. The van der Waals surface area contributed by atoms with Crippen LogP contribution in [0, 0.1) is 17.1 Å². The molecule has 0 bridgehead atoms. The summed E-state index contributed by atoms with van der Waals surface area (Å²) in [5, 5.41) is 15.7. The Hall–Kier alpha value is -3.39. The normalized spacial score (nSPS) is 15.1. The van der Waals surface area contributed by atoms with Crippen LogP contribution in [0.4, 0.5) is 4.39 Å². The molecule has 4 aromatic rings. The van der Waals surface area contributed by atoms with Crippen molar-refractivity contribution >= 4 is 19.1 Å². The molecule has 192 valence electrons. The van der Waals surface area contributed by atoms with E-state index in [4.69, 9.17) is 14.6 Å². The van der Waals surface area contributed by atoms with Crippen LogP contribution in [0.3, 0.4) is 0 Å². The number of ether oxygens (including phenoxy) is 2. The lowest BCUT2D eigenvalue weighted by Crippen LogP contribution is -2.36. The van der Waals surface area contributed by atoms with Gasteiger partial charge in [0.2, 0.25) is 0 Å². The average molecular weight is 519 g/mol. The molecule has 0 N–H and O–H groups in total. The highest BCUT2D eigenvalue weighted by Gasteiger charge is 2.33. The number of nitriles is 1. The Labute approximate surface area is 216 Å². The zero-order valence-corrected chi connectivity index (χ0v) is 22.9. The van der Waals surface area contributed by atoms with Crippen LogP contribution in [0.5, 0.6) is 0 Å². The maximum atomic E-state index is 13.7. The first-order valence-corrected chi connectivity index (χ1v) is 16.1. The average Bonchev–Trinajstić information content (AvgIpc) is 3.39. The molecule has 0 unspecified atom stereocenters. The van der Waals surface area contributed by atoms with Gasteiger partial charge in [0.1, 0.15) is 30.0 Å². The van der Waals surface area contributed by atoms with Crippen molar-refractivity contribution in [3.63, 3.8) is 0 Å². The van der Waals surface area contributed by atoms with Gasteiger partial charge in [-0.15, -0.1) is 0 Å². The molecule has 4 aromatic heterocycles. The molecule has 1 aliphatic heterocycles. The van der Waals surface area contributed by atoms with Gasteiger partial charge in [0, 0.05) is 38.0 Å². The number of rotatable bonds is 7. The van der Waals surface area contributed by atoms with Crippen LogP contribution in [0.25, 0.3) is 33.5 Å². The smallest absolute Gasteiger partial charge is 0.143 e. The second-order valence-electron chi connectivity index (χ2n) is 11.3. The predicted octanol–water partition coefficient (Wildman–Crippen LogP) is 5.59. The fraction of sp³-hybridized carbons (Fsp3) is 0.407. The van der Waals surface area contributed by atoms with Crippen LogP contribution in [0.15, 0.2) is 36.8 Å². The molecule has 0 radical (unpaired) electrons. The van der Waals surface area contributed by atoms with Gasteiger partial charge in [-0.05, 0) is 43.7 Å². The molecule has 0 atom stereocenters. The van der Waals surface area contributed by atoms with E-state index >= 15 is 0 Å². The van der Waals surface area contributed by atoms with Gasteiger partial charge in [0.25, 0.3) is 0 Å². The quantitative estimate of drug-likeness (QED) is 0.234. The number of pyridine rings is 2. The van der Waals surface area contributed by atoms with E-state index in [1.54, 1.807) is 18.5 Å². The molecule has 1 aliphatic rings. The lowest BCUT2D eigenvalue weighted by molar-refractivity contribution is -0.0657. The van der Waals surface area contributed by atoms with Crippen molar-refractivity contribution < 1.29 is 13.9 Å². The summed E-state index contributed by atoms with van der Waals surface area (Å²) in [4.78, 5) is 8.93. The SMILES string of the molecule is CC1(C)Cn2nc(-c3ccc(F)cn3)c(-c3ccnc4c3c(C#N)cn4COCC[Si](C)(C)C)c2CO1. The van der Waals surface area contributed by atoms with E-state index in [1.807, 2.05) is 29.2 Å². The van der Waals surface area contributed by atoms with Crippen molar-refractivity contribution in [2.24, 2.45) is 0 Å². The number of halogens is 1. The van der Waals surface area contributed by atoms with E-state index in [1.165, 1.54) is 12.3 Å². The summed E-state index contributed by atoms with van der Waals surface area (Å²) >= 11 is 0. The van der Waals surface area contributed by atoms with Gasteiger partial charge >= 0.3 is 0 Å². The first kappa shape index (κ1) is 25.3. The number of hydrogen-bond donors (Lipinski definition) is 0. The summed E-state index contributed by atoms with van der Waals surface area (Å²) < 4.78 is 29.6. The standard InChI is InChI=1S/C27H31FN6O2Si/c1-27(2)16-34-22(15-36-27)24(25(32-34)21-7-6-19(28)13-31-21)20-8-9-30-26-23(20)18(12-29)14-33(26)17-35-10-11-37(3,4)5/h6-9,13-14H,10-11,15-17H2,1-5H3. The van der Waals surface area contributed by atoms with Crippen molar-refractivity contribution in [2.75, 3.05) is 6.61 Å². The van der Waals surface area contributed by atoms with Crippen molar-refractivity contribution in [1.82, 2.24) is 24.3 Å². The van der Waals surface area contributed by atoms with Gasteiger partial charge in [-0.25, -0.2) is 9.37 Å². The van der Waals surface area contributed by atoms with Gasteiger partial charge in [-0.1, -0.05) is 19.6 Å². The summed E-state index contributed by atoms with van der Waals surface area (Å²) in [5.74, 6) is -0.414. The lowest BCUT2D eigenvalue weighted by atomic mass is 9.97. The van der Waals surface area contributed by atoms with E-state index in [0.717, 1.165) is 28.3 Å². The van der Waals surface area contributed by atoms with E-state index in [0.29, 0.717) is 49.1 Å². The minimum Gasteiger partial charge on any atom is -0.367 e. The van der Waals surface area contributed by atoms with E-state index in [-0.39, 0.29) is 5.60 Å². The zero-order chi connectivity index (χ0) is 26.4. The molecule has 37 heavy (non-hydrogen) atoms. The monoisotopic (exact) mass is 518 g/mol. The summed E-state index contributed by atoms with van der Waals surface area (Å²) in [7, 11) is -1.22. The van der Waals surface area contributed by atoms with Gasteiger partial charge in [0.15, 0.2) is 0 Å². The second-order valence-corrected chi connectivity index (χ2v) is 16.9. The largest absolute Gasteiger partial charge is 0.367 e. The van der Waals surface area contributed by atoms with Crippen molar-refractivity contribution in [3.8, 4) is 28.6 Å².